The molecule has 12 heteroatoms. The maximum absolute atomic E-state index is 13.2. The normalized spacial score (nSPS) is 20.1. The second-order valence-electron chi connectivity index (χ2n) is 13.8. The number of pyridine rings is 2. The number of benzene rings is 2. The number of imide groups is 1. The van der Waals surface area contributed by atoms with E-state index in [1.54, 1.807) is 38.2 Å². The van der Waals surface area contributed by atoms with Crippen molar-refractivity contribution in [3.05, 3.63) is 82.0 Å². The van der Waals surface area contributed by atoms with Gasteiger partial charge in [0, 0.05) is 74.0 Å². The Balaban J connectivity index is 0.938. The highest BCUT2D eigenvalue weighted by atomic mass is 16.5. The molecule has 3 fully saturated rings. The lowest BCUT2D eigenvalue weighted by Crippen LogP contribution is -2.60. The third-order valence-corrected chi connectivity index (χ3v) is 10.9. The monoisotopic (exact) mass is 662 g/mol. The van der Waals surface area contributed by atoms with Crippen LogP contribution in [0.25, 0.3) is 21.9 Å². The average molecular weight is 663 g/mol. The summed E-state index contributed by atoms with van der Waals surface area (Å²) >= 11 is 0. The largest absolute Gasteiger partial charge is 0.496 e. The van der Waals surface area contributed by atoms with E-state index >= 15 is 0 Å². The zero-order valence-corrected chi connectivity index (χ0v) is 27.8. The van der Waals surface area contributed by atoms with Gasteiger partial charge in [-0.2, -0.15) is 0 Å². The first kappa shape index (κ1) is 31.1. The van der Waals surface area contributed by atoms with Gasteiger partial charge in [-0.3, -0.25) is 34.4 Å². The fourth-order valence-electron chi connectivity index (χ4n) is 8.06. The predicted octanol–water partition coefficient (Wildman–Crippen LogP) is 3.09. The van der Waals surface area contributed by atoms with E-state index in [0.29, 0.717) is 24.0 Å². The predicted molar refractivity (Wildman–Crippen MR) is 183 cm³/mol. The Morgan fingerprint density at radius 1 is 0.939 bits per heavy atom. The summed E-state index contributed by atoms with van der Waals surface area (Å²) in [5, 5.41) is 3.70. The number of fused-ring (bicyclic) bond motifs is 2. The van der Waals surface area contributed by atoms with E-state index in [1.807, 2.05) is 36.5 Å². The van der Waals surface area contributed by atoms with Crippen molar-refractivity contribution in [1.82, 2.24) is 24.7 Å². The fraction of sp³-hybridized carbons (Fsp3) is 0.378. The average Bonchev–Trinajstić information content (AvgIpc) is 3.61. The molecule has 3 amide bonds. The minimum atomic E-state index is -0.732. The highest BCUT2D eigenvalue weighted by Crippen LogP contribution is 2.45. The molecule has 12 nitrogen and oxygen atoms in total. The summed E-state index contributed by atoms with van der Waals surface area (Å²) < 4.78 is 13.4. The van der Waals surface area contributed by atoms with Gasteiger partial charge in [0.25, 0.3) is 11.5 Å². The number of hydrogen-bond acceptors (Lipinski definition) is 9. The van der Waals surface area contributed by atoms with Gasteiger partial charge in [-0.15, -0.1) is 0 Å². The molecule has 0 aliphatic carbocycles. The number of carbonyl (C=O) groups is 3. The lowest BCUT2D eigenvalue weighted by atomic mass is 9.71. The number of piperidine rings is 1. The van der Waals surface area contributed by atoms with Gasteiger partial charge < -0.3 is 23.8 Å². The number of carbonyl (C=O) groups excluding carboxylic acids is 3. The number of nitrogens with zero attached hydrogens (tertiary/aromatic N) is 5. The number of hydrogen-bond donors (Lipinski definition) is 1. The number of rotatable bonds is 7. The summed E-state index contributed by atoms with van der Waals surface area (Å²) in [7, 11) is 5.10. The van der Waals surface area contributed by atoms with Crippen molar-refractivity contribution >= 4 is 34.2 Å². The van der Waals surface area contributed by atoms with Crippen LogP contribution in [0.15, 0.2) is 59.8 Å². The molecular formula is C37H38N6O6. The molecule has 6 heterocycles. The second kappa shape index (κ2) is 11.7. The van der Waals surface area contributed by atoms with Crippen LogP contribution in [0.5, 0.6) is 11.5 Å². The molecule has 1 N–H and O–H groups in total. The van der Waals surface area contributed by atoms with E-state index in [-0.39, 0.29) is 29.2 Å². The van der Waals surface area contributed by atoms with Gasteiger partial charge in [0.2, 0.25) is 11.8 Å². The zero-order chi connectivity index (χ0) is 34.0. The van der Waals surface area contributed by atoms with Crippen LogP contribution in [-0.4, -0.2) is 83.5 Å². The molecule has 8 rings (SSSR count). The Bertz CT molecular complexity index is 2070. The molecule has 4 aromatic rings. The first-order valence-corrected chi connectivity index (χ1v) is 16.6. The number of ether oxygens (including phenoxy) is 2. The molecule has 1 atom stereocenters. The zero-order valence-electron chi connectivity index (χ0n) is 27.8. The summed E-state index contributed by atoms with van der Waals surface area (Å²) in [4.78, 5) is 60.4. The minimum Gasteiger partial charge on any atom is -0.496 e. The number of anilines is 1. The van der Waals surface area contributed by atoms with Gasteiger partial charge in [0.1, 0.15) is 17.5 Å². The standard InChI is InChI=1S/C37H38N6O6/c1-40-18-28(25-6-9-38-16-27(25)35(40)46)23-12-31(48-2)29(32(13-23)49-3)19-41-10-7-37(8-11-41)20-42(21-37)24-5-4-22-17-43(36(47)26(22)14-24)30-15-33(44)39-34(30)45/h4-6,9,12-14,16,18,30H,7-8,10-11,15,17,19-21H2,1-3H3,(H,39,44,45)/t30-/m1/s1. The third-order valence-electron chi connectivity index (χ3n) is 10.9. The topological polar surface area (TPSA) is 126 Å². The number of amides is 3. The molecule has 252 valence electrons. The summed E-state index contributed by atoms with van der Waals surface area (Å²) in [5.74, 6) is 0.562. The molecule has 4 aliphatic heterocycles. The van der Waals surface area contributed by atoms with Crippen LogP contribution < -0.4 is 25.2 Å². The summed E-state index contributed by atoms with van der Waals surface area (Å²) in [5.41, 5.74) is 5.46. The van der Waals surface area contributed by atoms with E-state index in [9.17, 15) is 19.2 Å². The van der Waals surface area contributed by atoms with Crippen LogP contribution in [0, 0.1) is 5.41 Å². The molecule has 3 saturated heterocycles. The highest BCUT2D eigenvalue weighted by Gasteiger charge is 2.46. The molecule has 2 aromatic carbocycles. The van der Waals surface area contributed by atoms with Crippen molar-refractivity contribution in [2.45, 2.75) is 38.4 Å². The Hall–Kier alpha value is -5.23. The molecule has 4 aliphatic rings. The van der Waals surface area contributed by atoms with Crippen molar-refractivity contribution < 1.29 is 23.9 Å². The van der Waals surface area contributed by atoms with Crippen LogP contribution in [0.1, 0.15) is 40.7 Å². The van der Waals surface area contributed by atoms with Crippen LogP contribution >= 0.6 is 0 Å². The van der Waals surface area contributed by atoms with E-state index in [0.717, 1.165) is 83.8 Å². The van der Waals surface area contributed by atoms with Gasteiger partial charge in [-0.1, -0.05) is 6.07 Å². The molecule has 0 saturated carbocycles. The first-order valence-electron chi connectivity index (χ1n) is 16.6. The van der Waals surface area contributed by atoms with E-state index < -0.39 is 11.9 Å². The number of methoxy groups -OCH3 is 2. The lowest BCUT2D eigenvalue weighted by molar-refractivity contribution is -0.126. The molecule has 49 heavy (non-hydrogen) atoms. The van der Waals surface area contributed by atoms with Crippen LogP contribution in [0.2, 0.25) is 0 Å². The Morgan fingerprint density at radius 2 is 1.67 bits per heavy atom. The Morgan fingerprint density at radius 3 is 2.35 bits per heavy atom. The third kappa shape index (κ3) is 5.21. The lowest BCUT2D eigenvalue weighted by Gasteiger charge is -2.55. The smallest absolute Gasteiger partial charge is 0.259 e. The summed E-state index contributed by atoms with van der Waals surface area (Å²) in [6.45, 7) is 4.79. The quantitative estimate of drug-likeness (QED) is 0.297. The SMILES string of the molecule is COc1cc(-c2cn(C)c(=O)c3cnccc23)cc(OC)c1CN1CCC2(CC1)CN(c1ccc3c(c1)C(=O)N([C@@H]1CC(=O)NC1=O)C3)C2. The highest BCUT2D eigenvalue weighted by molar-refractivity contribution is 6.09. The Labute approximate surface area is 283 Å². The van der Waals surface area contributed by atoms with E-state index in [2.05, 4.69) is 26.2 Å². The number of likely N-dealkylation sites (tertiary alicyclic amines) is 1. The van der Waals surface area contributed by atoms with Crippen molar-refractivity contribution in [3.63, 3.8) is 0 Å². The molecule has 2 aromatic heterocycles. The molecular weight excluding hydrogens is 624 g/mol. The summed E-state index contributed by atoms with van der Waals surface area (Å²) in [6.07, 6.45) is 7.30. The summed E-state index contributed by atoms with van der Waals surface area (Å²) in [6, 6.07) is 11.2. The molecule has 0 unspecified atom stereocenters. The maximum atomic E-state index is 13.2. The Kier molecular flexibility index (Phi) is 7.43. The minimum absolute atomic E-state index is 0.0222. The van der Waals surface area contributed by atoms with E-state index in [4.69, 9.17) is 9.47 Å². The van der Waals surface area contributed by atoms with Gasteiger partial charge >= 0.3 is 0 Å². The van der Waals surface area contributed by atoms with Gasteiger partial charge in [-0.05, 0) is 72.8 Å². The van der Waals surface area contributed by atoms with Crippen molar-refractivity contribution in [2.75, 3.05) is 45.3 Å². The molecule has 0 radical (unpaired) electrons. The maximum Gasteiger partial charge on any atom is 0.259 e. The molecule has 0 bridgehead atoms. The van der Waals surface area contributed by atoms with Gasteiger partial charge in [0.05, 0.1) is 31.6 Å². The van der Waals surface area contributed by atoms with Crippen LogP contribution in [0.3, 0.4) is 0 Å². The van der Waals surface area contributed by atoms with Crippen molar-refractivity contribution in [2.24, 2.45) is 12.5 Å². The van der Waals surface area contributed by atoms with Crippen molar-refractivity contribution in [1.29, 1.82) is 0 Å². The number of aryl methyl sites for hydroxylation is 1. The number of aromatic nitrogens is 2. The fourth-order valence-corrected chi connectivity index (χ4v) is 8.06. The van der Waals surface area contributed by atoms with Crippen LogP contribution in [0.4, 0.5) is 5.69 Å². The van der Waals surface area contributed by atoms with Gasteiger partial charge in [0.15, 0.2) is 0 Å². The number of nitrogens with one attached hydrogen (secondary N) is 1. The van der Waals surface area contributed by atoms with Crippen molar-refractivity contribution in [3.8, 4) is 22.6 Å². The van der Waals surface area contributed by atoms with Crippen LogP contribution in [-0.2, 0) is 29.7 Å². The van der Waals surface area contributed by atoms with Gasteiger partial charge in [-0.25, -0.2) is 0 Å². The first-order chi connectivity index (χ1) is 23.7. The molecule has 1 spiro atoms. The van der Waals surface area contributed by atoms with E-state index in [1.165, 1.54) is 4.90 Å². The second-order valence-corrected chi connectivity index (χ2v) is 13.8.